The number of aliphatic hydroxyl groups is 1. The molecule has 116 valence electrons. The number of benzene rings is 1. The molecule has 0 aliphatic heterocycles. The highest BCUT2D eigenvalue weighted by molar-refractivity contribution is 5.74. The molecule has 2 rings (SSSR count). The molecule has 0 saturated heterocycles. The molecule has 1 aromatic carbocycles. The molecule has 0 radical (unpaired) electrons. The molecule has 3 N–H and O–H groups in total. The van der Waals surface area contributed by atoms with Crippen molar-refractivity contribution in [2.75, 3.05) is 6.61 Å². The van der Waals surface area contributed by atoms with Crippen LogP contribution in [0.15, 0.2) is 30.3 Å². The Morgan fingerprint density at radius 1 is 1.24 bits per heavy atom. The Kier molecular flexibility index (Phi) is 5.37. The van der Waals surface area contributed by atoms with Crippen LogP contribution in [0.2, 0.25) is 0 Å². The van der Waals surface area contributed by atoms with Crippen LogP contribution in [-0.4, -0.2) is 28.8 Å². The number of aliphatic hydroxyl groups excluding tert-OH is 1. The lowest BCUT2D eigenvalue weighted by molar-refractivity contribution is -0.144. The van der Waals surface area contributed by atoms with Crippen LogP contribution >= 0.6 is 0 Å². The van der Waals surface area contributed by atoms with Crippen LogP contribution in [0.25, 0.3) is 0 Å². The number of carboxylic acid groups (broad SMARTS) is 1. The summed E-state index contributed by atoms with van der Waals surface area (Å²) in [5.74, 6) is -0.825. The molecule has 0 bridgehead atoms. The Hall–Kier alpha value is -1.39. The number of carbonyl (C=O) groups is 1. The molecule has 1 saturated carbocycles. The van der Waals surface area contributed by atoms with Crippen LogP contribution in [0.4, 0.5) is 0 Å². The van der Waals surface area contributed by atoms with Crippen molar-refractivity contribution in [3.63, 3.8) is 0 Å². The van der Waals surface area contributed by atoms with Crippen molar-refractivity contribution >= 4 is 5.97 Å². The first-order valence-corrected chi connectivity index (χ1v) is 7.71. The Bertz CT molecular complexity index is 454. The highest BCUT2D eigenvalue weighted by Gasteiger charge is 2.41. The lowest BCUT2D eigenvalue weighted by atomic mass is 9.70. The average Bonchev–Trinajstić information content (AvgIpc) is 2.49. The summed E-state index contributed by atoms with van der Waals surface area (Å²) in [4.78, 5) is 11.7. The third-order valence-corrected chi connectivity index (χ3v) is 4.69. The van der Waals surface area contributed by atoms with Gasteiger partial charge in [-0.25, -0.2) is 0 Å². The van der Waals surface area contributed by atoms with Gasteiger partial charge < -0.3 is 10.2 Å². The fraction of sp³-hybridized carbons (Fsp3) is 0.588. The van der Waals surface area contributed by atoms with Gasteiger partial charge in [-0.3, -0.25) is 10.1 Å². The first-order chi connectivity index (χ1) is 10.1. The Labute approximate surface area is 126 Å². The SMILES string of the molecule is CC1([C@H](N[C@@H](CO)c2ccccc2)C(=O)O)CCCCC1. The van der Waals surface area contributed by atoms with Gasteiger partial charge in [-0.15, -0.1) is 0 Å². The molecular formula is C17H25NO3. The molecule has 0 unspecified atom stereocenters. The van der Waals surface area contributed by atoms with E-state index >= 15 is 0 Å². The molecule has 0 amide bonds. The highest BCUT2D eigenvalue weighted by atomic mass is 16.4. The van der Waals surface area contributed by atoms with E-state index in [-0.39, 0.29) is 18.1 Å². The van der Waals surface area contributed by atoms with Gasteiger partial charge in [0.05, 0.1) is 12.6 Å². The first-order valence-electron chi connectivity index (χ1n) is 7.71. The minimum Gasteiger partial charge on any atom is -0.480 e. The molecule has 4 nitrogen and oxygen atoms in total. The van der Waals surface area contributed by atoms with Crippen molar-refractivity contribution in [3.05, 3.63) is 35.9 Å². The monoisotopic (exact) mass is 291 g/mol. The maximum atomic E-state index is 11.7. The zero-order chi connectivity index (χ0) is 15.3. The van der Waals surface area contributed by atoms with Gasteiger partial charge in [0.2, 0.25) is 0 Å². The largest absolute Gasteiger partial charge is 0.480 e. The summed E-state index contributed by atoms with van der Waals surface area (Å²) in [6.07, 6.45) is 5.19. The van der Waals surface area contributed by atoms with E-state index in [0.29, 0.717) is 0 Å². The van der Waals surface area contributed by atoms with Gasteiger partial charge in [0.15, 0.2) is 0 Å². The topological polar surface area (TPSA) is 69.6 Å². The summed E-state index contributed by atoms with van der Waals surface area (Å²) in [6.45, 7) is 1.95. The van der Waals surface area contributed by atoms with Crippen molar-refractivity contribution in [1.82, 2.24) is 5.32 Å². The third-order valence-electron chi connectivity index (χ3n) is 4.69. The predicted octanol–water partition coefficient (Wildman–Crippen LogP) is 2.73. The Morgan fingerprint density at radius 3 is 2.38 bits per heavy atom. The summed E-state index contributed by atoms with van der Waals surface area (Å²) < 4.78 is 0. The molecule has 0 heterocycles. The number of nitrogens with one attached hydrogen (secondary N) is 1. The average molecular weight is 291 g/mol. The van der Waals surface area contributed by atoms with Gasteiger partial charge in [-0.2, -0.15) is 0 Å². The summed E-state index contributed by atoms with van der Waals surface area (Å²) >= 11 is 0. The quantitative estimate of drug-likeness (QED) is 0.754. The standard InChI is InChI=1S/C17H25NO3/c1-17(10-6-3-7-11-17)15(16(20)21)18-14(12-19)13-8-4-2-5-9-13/h2,4-5,8-9,14-15,18-19H,3,6-7,10-12H2,1H3,(H,20,21)/t14-,15+/m0/s1. The molecule has 1 aromatic rings. The molecule has 1 aliphatic carbocycles. The van der Waals surface area contributed by atoms with Gasteiger partial charge in [0, 0.05) is 0 Å². The molecule has 4 heteroatoms. The molecule has 1 aliphatic rings. The fourth-order valence-electron chi connectivity index (χ4n) is 3.36. The first kappa shape index (κ1) is 16.0. The minimum absolute atomic E-state index is 0.107. The molecule has 0 spiro atoms. The number of hydrogen-bond donors (Lipinski definition) is 3. The second-order valence-electron chi connectivity index (χ2n) is 6.30. The normalized spacial score (nSPS) is 20.7. The Morgan fingerprint density at radius 2 is 1.86 bits per heavy atom. The lowest BCUT2D eigenvalue weighted by Gasteiger charge is -2.40. The van der Waals surface area contributed by atoms with Gasteiger partial charge in [-0.1, -0.05) is 56.5 Å². The summed E-state index contributed by atoms with van der Waals surface area (Å²) in [5, 5.41) is 22.5. The van der Waals surface area contributed by atoms with Crippen LogP contribution in [-0.2, 0) is 4.79 Å². The zero-order valence-electron chi connectivity index (χ0n) is 12.6. The maximum Gasteiger partial charge on any atom is 0.321 e. The Balaban J connectivity index is 2.17. The van der Waals surface area contributed by atoms with E-state index in [9.17, 15) is 15.0 Å². The third kappa shape index (κ3) is 3.83. The van der Waals surface area contributed by atoms with Crippen molar-refractivity contribution < 1.29 is 15.0 Å². The summed E-state index contributed by atoms with van der Waals surface area (Å²) in [7, 11) is 0. The number of carboxylic acids is 1. The van der Waals surface area contributed by atoms with Gasteiger partial charge in [0.25, 0.3) is 0 Å². The van der Waals surface area contributed by atoms with Crippen LogP contribution in [0.5, 0.6) is 0 Å². The highest BCUT2D eigenvalue weighted by Crippen LogP contribution is 2.39. The molecule has 0 aromatic heterocycles. The van der Waals surface area contributed by atoms with E-state index in [1.54, 1.807) is 0 Å². The van der Waals surface area contributed by atoms with Crippen molar-refractivity contribution in [2.24, 2.45) is 5.41 Å². The van der Waals surface area contributed by atoms with Crippen LogP contribution in [0.3, 0.4) is 0 Å². The molecule has 21 heavy (non-hydrogen) atoms. The van der Waals surface area contributed by atoms with Gasteiger partial charge in [-0.05, 0) is 23.8 Å². The fourth-order valence-corrected chi connectivity index (χ4v) is 3.36. The van der Waals surface area contributed by atoms with Crippen molar-refractivity contribution in [1.29, 1.82) is 0 Å². The molecule has 1 fully saturated rings. The van der Waals surface area contributed by atoms with E-state index in [1.807, 2.05) is 30.3 Å². The molecular weight excluding hydrogens is 266 g/mol. The number of hydrogen-bond acceptors (Lipinski definition) is 3. The predicted molar refractivity (Wildman–Crippen MR) is 82.0 cm³/mol. The van der Waals surface area contributed by atoms with Gasteiger partial charge in [0.1, 0.15) is 6.04 Å². The minimum atomic E-state index is -0.825. The second kappa shape index (κ2) is 7.05. The van der Waals surface area contributed by atoms with E-state index in [4.69, 9.17) is 0 Å². The summed E-state index contributed by atoms with van der Waals surface area (Å²) in [6, 6.07) is 8.57. The van der Waals surface area contributed by atoms with E-state index in [1.165, 1.54) is 6.42 Å². The second-order valence-corrected chi connectivity index (χ2v) is 6.30. The molecule has 2 atom stereocenters. The van der Waals surface area contributed by atoms with E-state index < -0.39 is 12.0 Å². The number of rotatable bonds is 6. The maximum absolute atomic E-state index is 11.7. The lowest BCUT2D eigenvalue weighted by Crippen LogP contribution is -2.51. The van der Waals surface area contributed by atoms with Gasteiger partial charge >= 0.3 is 5.97 Å². The number of aliphatic carboxylic acids is 1. The van der Waals surface area contributed by atoms with E-state index in [2.05, 4.69) is 12.2 Å². The van der Waals surface area contributed by atoms with Crippen LogP contribution in [0, 0.1) is 5.41 Å². The summed E-state index contributed by atoms with van der Waals surface area (Å²) in [5.41, 5.74) is 0.678. The van der Waals surface area contributed by atoms with E-state index in [0.717, 1.165) is 31.2 Å². The van der Waals surface area contributed by atoms with Crippen molar-refractivity contribution in [3.8, 4) is 0 Å². The van der Waals surface area contributed by atoms with Crippen LogP contribution in [0.1, 0.15) is 50.6 Å². The zero-order valence-corrected chi connectivity index (χ0v) is 12.6. The van der Waals surface area contributed by atoms with Crippen molar-refractivity contribution in [2.45, 2.75) is 51.1 Å². The van der Waals surface area contributed by atoms with Crippen LogP contribution < -0.4 is 5.32 Å². The smallest absolute Gasteiger partial charge is 0.321 e.